The maximum absolute atomic E-state index is 3.57. The summed E-state index contributed by atoms with van der Waals surface area (Å²) in [5.74, 6) is 0. The highest BCUT2D eigenvalue weighted by atomic mass is 15.3. The van der Waals surface area contributed by atoms with Crippen LogP contribution in [-0.2, 0) is 0 Å². The summed E-state index contributed by atoms with van der Waals surface area (Å²) in [6.07, 6.45) is 0.244. The van der Waals surface area contributed by atoms with Crippen molar-refractivity contribution in [3.63, 3.8) is 0 Å². The third kappa shape index (κ3) is 1.66. The molecule has 2 nitrogen and oxygen atoms in total. The molecule has 1 atom stereocenters. The van der Waals surface area contributed by atoms with Gasteiger partial charge in [0.25, 0.3) is 0 Å². The zero-order valence-electron chi connectivity index (χ0n) is 10.1. The van der Waals surface area contributed by atoms with Crippen LogP contribution in [0, 0.1) is 6.92 Å². The number of nitrogens with one attached hydrogen (secondary N) is 1. The van der Waals surface area contributed by atoms with Crippen molar-refractivity contribution in [3.8, 4) is 0 Å². The Labute approximate surface area is 102 Å². The Kier molecular flexibility index (Phi) is 2.29. The van der Waals surface area contributed by atoms with E-state index in [1.165, 1.54) is 22.5 Å². The van der Waals surface area contributed by atoms with Gasteiger partial charge in [-0.15, -0.1) is 0 Å². The van der Waals surface area contributed by atoms with E-state index in [1.807, 2.05) is 0 Å². The van der Waals surface area contributed by atoms with Crippen molar-refractivity contribution in [2.45, 2.75) is 13.1 Å². The van der Waals surface area contributed by atoms with Crippen LogP contribution >= 0.6 is 0 Å². The van der Waals surface area contributed by atoms with Crippen molar-refractivity contribution in [2.24, 2.45) is 0 Å². The highest BCUT2D eigenvalue weighted by Crippen LogP contribution is 2.40. The van der Waals surface area contributed by atoms with Crippen molar-refractivity contribution in [3.05, 3.63) is 59.7 Å². The van der Waals surface area contributed by atoms with E-state index in [-0.39, 0.29) is 6.17 Å². The smallest absolute Gasteiger partial charge is 0.125 e. The number of aryl methyl sites for hydroxylation is 1. The minimum atomic E-state index is 0.244. The largest absolute Gasteiger partial charge is 0.360 e. The Morgan fingerprint density at radius 3 is 2.59 bits per heavy atom. The summed E-state index contributed by atoms with van der Waals surface area (Å²) >= 11 is 0. The zero-order valence-corrected chi connectivity index (χ0v) is 10.1. The van der Waals surface area contributed by atoms with Gasteiger partial charge >= 0.3 is 0 Å². The second kappa shape index (κ2) is 3.81. The van der Waals surface area contributed by atoms with Gasteiger partial charge in [-0.25, -0.2) is 0 Å². The van der Waals surface area contributed by atoms with Gasteiger partial charge in [0.1, 0.15) is 6.17 Å². The van der Waals surface area contributed by atoms with Crippen LogP contribution in [-0.4, -0.2) is 7.05 Å². The zero-order chi connectivity index (χ0) is 11.8. The van der Waals surface area contributed by atoms with Gasteiger partial charge in [-0.05, 0) is 30.2 Å². The van der Waals surface area contributed by atoms with E-state index in [0.29, 0.717) is 0 Å². The van der Waals surface area contributed by atoms with E-state index in [2.05, 4.69) is 72.7 Å². The predicted molar refractivity (Wildman–Crippen MR) is 72.4 cm³/mol. The summed E-state index contributed by atoms with van der Waals surface area (Å²) in [5, 5.41) is 3.57. The van der Waals surface area contributed by atoms with Crippen LogP contribution in [0.4, 0.5) is 11.4 Å². The molecule has 0 saturated carbocycles. The Morgan fingerprint density at radius 1 is 1.06 bits per heavy atom. The Hall–Kier alpha value is -1.96. The molecule has 1 unspecified atom stereocenters. The first-order valence-electron chi connectivity index (χ1n) is 5.91. The Bertz CT molecular complexity index is 534. The van der Waals surface area contributed by atoms with E-state index >= 15 is 0 Å². The van der Waals surface area contributed by atoms with Crippen LogP contribution < -0.4 is 10.2 Å². The molecule has 1 aliphatic rings. The molecule has 0 fully saturated rings. The van der Waals surface area contributed by atoms with Crippen LogP contribution in [0.25, 0.3) is 0 Å². The van der Waals surface area contributed by atoms with Crippen molar-refractivity contribution >= 4 is 11.4 Å². The van der Waals surface area contributed by atoms with Crippen LogP contribution in [0.5, 0.6) is 0 Å². The lowest BCUT2D eigenvalue weighted by molar-refractivity contribution is 0.792. The lowest BCUT2D eigenvalue weighted by Crippen LogP contribution is -2.23. The minimum absolute atomic E-state index is 0.244. The first-order valence-corrected chi connectivity index (χ1v) is 5.91. The van der Waals surface area contributed by atoms with E-state index in [4.69, 9.17) is 0 Å². The molecule has 17 heavy (non-hydrogen) atoms. The standard InChI is InChI=1S/C15H16N2/c1-11-8-9-14-13(10-11)16-15(17(14)2)12-6-4-3-5-7-12/h3-10,15-16H,1-2H3. The minimum Gasteiger partial charge on any atom is -0.360 e. The number of nitrogens with zero attached hydrogens (tertiary/aromatic N) is 1. The molecule has 1 N–H and O–H groups in total. The molecule has 1 aliphatic heterocycles. The summed E-state index contributed by atoms with van der Waals surface area (Å²) < 4.78 is 0. The van der Waals surface area contributed by atoms with Gasteiger partial charge in [-0.2, -0.15) is 0 Å². The van der Waals surface area contributed by atoms with Crippen LogP contribution in [0.3, 0.4) is 0 Å². The van der Waals surface area contributed by atoms with E-state index in [9.17, 15) is 0 Å². The third-order valence-corrected chi connectivity index (χ3v) is 3.33. The van der Waals surface area contributed by atoms with Crippen molar-refractivity contribution in [2.75, 3.05) is 17.3 Å². The number of anilines is 2. The average Bonchev–Trinajstić information content (AvgIpc) is 2.67. The fourth-order valence-electron chi connectivity index (χ4n) is 2.40. The molecule has 1 heterocycles. The van der Waals surface area contributed by atoms with Crippen LogP contribution in [0.2, 0.25) is 0 Å². The Morgan fingerprint density at radius 2 is 1.82 bits per heavy atom. The molecule has 2 aromatic rings. The third-order valence-electron chi connectivity index (χ3n) is 3.33. The normalized spacial score (nSPS) is 17.8. The molecular formula is C15H16N2. The predicted octanol–water partition coefficient (Wildman–Crippen LogP) is 3.56. The molecule has 3 rings (SSSR count). The molecule has 0 aliphatic carbocycles. The number of rotatable bonds is 1. The van der Waals surface area contributed by atoms with Gasteiger partial charge in [-0.3, -0.25) is 0 Å². The van der Waals surface area contributed by atoms with Gasteiger partial charge in [0.15, 0.2) is 0 Å². The van der Waals surface area contributed by atoms with Gasteiger partial charge in [-0.1, -0.05) is 36.4 Å². The van der Waals surface area contributed by atoms with Gasteiger partial charge in [0, 0.05) is 7.05 Å². The molecule has 0 bridgehead atoms. The second-order valence-corrected chi connectivity index (χ2v) is 4.59. The fourth-order valence-corrected chi connectivity index (χ4v) is 2.40. The molecule has 0 radical (unpaired) electrons. The molecular weight excluding hydrogens is 208 g/mol. The lowest BCUT2D eigenvalue weighted by Gasteiger charge is -2.22. The highest BCUT2D eigenvalue weighted by Gasteiger charge is 2.26. The number of hydrogen-bond acceptors (Lipinski definition) is 2. The number of fused-ring (bicyclic) bond motifs is 1. The first kappa shape index (κ1) is 10.2. The topological polar surface area (TPSA) is 15.3 Å². The van der Waals surface area contributed by atoms with Crippen LogP contribution in [0.1, 0.15) is 17.3 Å². The highest BCUT2D eigenvalue weighted by molar-refractivity contribution is 5.77. The molecule has 86 valence electrons. The van der Waals surface area contributed by atoms with Crippen LogP contribution in [0.15, 0.2) is 48.5 Å². The second-order valence-electron chi connectivity index (χ2n) is 4.59. The van der Waals surface area contributed by atoms with E-state index in [1.54, 1.807) is 0 Å². The Balaban J connectivity index is 1.99. The molecule has 0 amide bonds. The summed E-state index contributed by atoms with van der Waals surface area (Å²) in [7, 11) is 2.13. The maximum Gasteiger partial charge on any atom is 0.125 e. The quantitative estimate of drug-likeness (QED) is 0.796. The molecule has 2 aromatic carbocycles. The van der Waals surface area contributed by atoms with Crippen molar-refractivity contribution in [1.29, 1.82) is 0 Å². The van der Waals surface area contributed by atoms with Gasteiger partial charge < -0.3 is 10.2 Å². The fraction of sp³-hybridized carbons (Fsp3) is 0.200. The first-order chi connectivity index (χ1) is 8.25. The average molecular weight is 224 g/mol. The molecule has 0 aromatic heterocycles. The van der Waals surface area contributed by atoms with Crippen molar-refractivity contribution < 1.29 is 0 Å². The van der Waals surface area contributed by atoms with Gasteiger partial charge in [0.2, 0.25) is 0 Å². The molecule has 0 spiro atoms. The summed E-state index contributed by atoms with van der Waals surface area (Å²) in [6, 6.07) is 17.1. The SMILES string of the molecule is Cc1ccc2c(c1)NC(c1ccccc1)N2C. The van der Waals surface area contributed by atoms with Crippen molar-refractivity contribution in [1.82, 2.24) is 0 Å². The summed E-state index contributed by atoms with van der Waals surface area (Å²) in [6.45, 7) is 2.12. The number of benzene rings is 2. The van der Waals surface area contributed by atoms with E-state index < -0.39 is 0 Å². The lowest BCUT2D eigenvalue weighted by atomic mass is 10.1. The summed E-state index contributed by atoms with van der Waals surface area (Å²) in [4.78, 5) is 2.28. The van der Waals surface area contributed by atoms with E-state index in [0.717, 1.165) is 0 Å². The van der Waals surface area contributed by atoms with Gasteiger partial charge in [0.05, 0.1) is 11.4 Å². The molecule has 2 heteroatoms. The maximum atomic E-state index is 3.57. The summed E-state index contributed by atoms with van der Waals surface area (Å²) in [5.41, 5.74) is 5.08. The number of hydrogen-bond donors (Lipinski definition) is 1. The molecule has 0 saturated heterocycles. The monoisotopic (exact) mass is 224 g/mol.